The third-order valence-electron chi connectivity index (χ3n) is 3.33. The average molecular weight is 350 g/mol. The molecule has 2 aromatic rings. The zero-order valence-electron chi connectivity index (χ0n) is 12.0. The topological polar surface area (TPSA) is 29.1 Å². The maximum Gasteiger partial charge on any atom is 0.225 e. The molecule has 1 amide bonds. The minimum absolute atomic E-state index is 0.0729. The van der Waals surface area contributed by atoms with E-state index in [0.717, 1.165) is 15.6 Å². The van der Waals surface area contributed by atoms with Gasteiger partial charge in [0.2, 0.25) is 5.91 Å². The lowest BCUT2D eigenvalue weighted by Crippen LogP contribution is -2.41. The Balaban J connectivity index is 2.08. The van der Waals surface area contributed by atoms with E-state index in [2.05, 4.69) is 21.2 Å². The Morgan fingerprint density at radius 1 is 1.14 bits per heavy atom. The summed E-state index contributed by atoms with van der Waals surface area (Å²) in [4.78, 5) is 12.2. The quantitative estimate of drug-likeness (QED) is 0.881. The van der Waals surface area contributed by atoms with Crippen LogP contribution in [0.4, 0.5) is 4.39 Å². The number of hydrogen-bond donors (Lipinski definition) is 1. The van der Waals surface area contributed by atoms with Crippen molar-refractivity contribution in [3.8, 4) is 0 Å². The normalized spacial score (nSPS) is 11.2. The molecule has 2 rings (SSSR count). The van der Waals surface area contributed by atoms with Gasteiger partial charge in [0, 0.05) is 4.47 Å². The molecule has 0 fully saturated rings. The van der Waals surface area contributed by atoms with Gasteiger partial charge in [-0.1, -0.05) is 46.3 Å². The molecule has 2 nitrogen and oxygen atoms in total. The van der Waals surface area contributed by atoms with Crippen molar-refractivity contribution in [1.82, 2.24) is 5.32 Å². The van der Waals surface area contributed by atoms with Crippen LogP contribution in [0.2, 0.25) is 0 Å². The summed E-state index contributed by atoms with van der Waals surface area (Å²) in [5, 5.41) is 2.99. The molecule has 0 aliphatic rings. The molecule has 4 heteroatoms. The van der Waals surface area contributed by atoms with Crippen LogP contribution < -0.4 is 5.32 Å². The smallest absolute Gasteiger partial charge is 0.225 e. The molecule has 0 heterocycles. The van der Waals surface area contributed by atoms with E-state index in [0.29, 0.717) is 6.42 Å². The highest BCUT2D eigenvalue weighted by molar-refractivity contribution is 9.10. The molecule has 0 bridgehead atoms. The Hall–Kier alpha value is -1.68. The molecule has 0 spiro atoms. The molecule has 0 saturated carbocycles. The van der Waals surface area contributed by atoms with Crippen molar-refractivity contribution in [2.24, 2.45) is 0 Å². The van der Waals surface area contributed by atoms with Crippen molar-refractivity contribution >= 4 is 21.8 Å². The highest BCUT2D eigenvalue weighted by Gasteiger charge is 2.23. The molecule has 0 aliphatic heterocycles. The first-order valence-corrected chi connectivity index (χ1v) is 7.48. The zero-order chi connectivity index (χ0) is 15.5. The maximum atomic E-state index is 13.0. The minimum Gasteiger partial charge on any atom is -0.347 e. The molecular weight excluding hydrogens is 333 g/mol. The van der Waals surface area contributed by atoms with Gasteiger partial charge in [0.25, 0.3) is 0 Å². The third-order valence-corrected chi connectivity index (χ3v) is 4.10. The van der Waals surface area contributed by atoms with Crippen LogP contribution in [0.25, 0.3) is 0 Å². The first-order valence-electron chi connectivity index (χ1n) is 6.69. The number of halogens is 2. The number of nitrogens with one attached hydrogen (secondary N) is 1. The summed E-state index contributed by atoms with van der Waals surface area (Å²) >= 11 is 3.44. The standard InChI is InChI=1S/C17H17BrFNO/c1-17(2,13-7-9-14(19)10-8-13)20-16(21)11-12-5-3-4-6-15(12)18/h3-10H,11H2,1-2H3,(H,20,21). The molecule has 0 unspecified atom stereocenters. The van der Waals surface area contributed by atoms with Crippen LogP contribution in [-0.2, 0) is 16.8 Å². The van der Waals surface area contributed by atoms with Gasteiger partial charge in [0.05, 0.1) is 12.0 Å². The number of hydrogen-bond acceptors (Lipinski definition) is 1. The van der Waals surface area contributed by atoms with Gasteiger partial charge in [-0.25, -0.2) is 4.39 Å². The van der Waals surface area contributed by atoms with Crippen molar-refractivity contribution in [3.63, 3.8) is 0 Å². The van der Waals surface area contributed by atoms with E-state index in [1.165, 1.54) is 12.1 Å². The van der Waals surface area contributed by atoms with Gasteiger partial charge < -0.3 is 5.32 Å². The van der Waals surface area contributed by atoms with E-state index >= 15 is 0 Å². The van der Waals surface area contributed by atoms with Crippen LogP contribution in [0.5, 0.6) is 0 Å². The van der Waals surface area contributed by atoms with Gasteiger partial charge in [-0.2, -0.15) is 0 Å². The fourth-order valence-electron chi connectivity index (χ4n) is 2.15. The van der Waals surface area contributed by atoms with Crippen LogP contribution in [0.3, 0.4) is 0 Å². The number of carbonyl (C=O) groups is 1. The fourth-order valence-corrected chi connectivity index (χ4v) is 2.57. The Morgan fingerprint density at radius 2 is 1.76 bits per heavy atom. The number of benzene rings is 2. The van der Waals surface area contributed by atoms with Gasteiger partial charge in [-0.15, -0.1) is 0 Å². The molecular formula is C17H17BrFNO. The summed E-state index contributed by atoms with van der Waals surface area (Å²) < 4.78 is 13.9. The molecule has 0 aliphatic carbocycles. The first-order chi connectivity index (χ1) is 9.88. The van der Waals surface area contributed by atoms with Crippen molar-refractivity contribution < 1.29 is 9.18 Å². The zero-order valence-corrected chi connectivity index (χ0v) is 13.6. The summed E-state index contributed by atoms with van der Waals surface area (Å²) in [5.41, 5.74) is 1.25. The van der Waals surface area contributed by atoms with Gasteiger partial charge in [-0.3, -0.25) is 4.79 Å². The summed E-state index contributed by atoms with van der Waals surface area (Å²) in [6.07, 6.45) is 0.298. The molecule has 0 radical (unpaired) electrons. The molecule has 21 heavy (non-hydrogen) atoms. The molecule has 110 valence electrons. The summed E-state index contributed by atoms with van der Waals surface area (Å²) in [5.74, 6) is -0.356. The van der Waals surface area contributed by atoms with Gasteiger partial charge in [-0.05, 0) is 43.2 Å². The van der Waals surface area contributed by atoms with E-state index in [9.17, 15) is 9.18 Å². The van der Waals surface area contributed by atoms with Gasteiger partial charge >= 0.3 is 0 Å². The second kappa shape index (κ2) is 6.39. The Labute approximate surface area is 132 Å². The lowest BCUT2D eigenvalue weighted by atomic mass is 9.94. The van der Waals surface area contributed by atoms with E-state index in [4.69, 9.17) is 0 Å². The van der Waals surface area contributed by atoms with Gasteiger partial charge in [0.1, 0.15) is 5.82 Å². The van der Waals surface area contributed by atoms with Crippen LogP contribution in [-0.4, -0.2) is 5.91 Å². The summed E-state index contributed by atoms with van der Waals surface area (Å²) in [6, 6.07) is 13.8. The lowest BCUT2D eigenvalue weighted by molar-refractivity contribution is -0.122. The lowest BCUT2D eigenvalue weighted by Gasteiger charge is -2.27. The largest absolute Gasteiger partial charge is 0.347 e. The first kappa shape index (κ1) is 15.7. The van der Waals surface area contributed by atoms with Crippen LogP contribution in [0.15, 0.2) is 53.0 Å². The Morgan fingerprint density at radius 3 is 2.38 bits per heavy atom. The molecule has 0 atom stereocenters. The Kier molecular flexibility index (Phi) is 4.78. The molecule has 0 saturated heterocycles. The molecule has 0 aromatic heterocycles. The fraction of sp³-hybridized carbons (Fsp3) is 0.235. The second-order valence-electron chi connectivity index (χ2n) is 5.45. The number of rotatable bonds is 4. The molecule has 1 N–H and O–H groups in total. The van der Waals surface area contributed by atoms with Crippen LogP contribution in [0.1, 0.15) is 25.0 Å². The van der Waals surface area contributed by atoms with Gasteiger partial charge in [0.15, 0.2) is 0 Å². The minimum atomic E-state index is -0.550. The third kappa shape index (κ3) is 4.14. The Bertz CT molecular complexity index is 637. The van der Waals surface area contributed by atoms with Crippen molar-refractivity contribution in [3.05, 3.63) is 69.9 Å². The van der Waals surface area contributed by atoms with Crippen molar-refractivity contribution in [1.29, 1.82) is 0 Å². The van der Waals surface area contributed by atoms with Crippen molar-refractivity contribution in [2.45, 2.75) is 25.8 Å². The maximum absolute atomic E-state index is 13.0. The molecule has 2 aromatic carbocycles. The monoisotopic (exact) mass is 349 g/mol. The highest BCUT2D eigenvalue weighted by atomic mass is 79.9. The van der Waals surface area contributed by atoms with E-state index in [1.54, 1.807) is 12.1 Å². The number of carbonyl (C=O) groups excluding carboxylic acids is 1. The van der Waals surface area contributed by atoms with Crippen LogP contribution >= 0.6 is 15.9 Å². The second-order valence-corrected chi connectivity index (χ2v) is 6.30. The predicted octanol–water partition coefficient (Wildman–Crippen LogP) is 4.18. The van der Waals surface area contributed by atoms with E-state index in [-0.39, 0.29) is 11.7 Å². The average Bonchev–Trinajstić information content (AvgIpc) is 2.41. The van der Waals surface area contributed by atoms with Crippen molar-refractivity contribution in [2.75, 3.05) is 0 Å². The summed E-state index contributed by atoms with van der Waals surface area (Å²) in [7, 11) is 0. The number of amides is 1. The van der Waals surface area contributed by atoms with Crippen LogP contribution in [0, 0.1) is 5.82 Å². The predicted molar refractivity (Wildman–Crippen MR) is 85.4 cm³/mol. The highest BCUT2D eigenvalue weighted by Crippen LogP contribution is 2.21. The van der Waals surface area contributed by atoms with E-state index in [1.807, 2.05) is 38.1 Å². The van der Waals surface area contributed by atoms with E-state index < -0.39 is 5.54 Å². The summed E-state index contributed by atoms with van der Waals surface area (Å²) in [6.45, 7) is 3.80. The SMILES string of the molecule is CC(C)(NC(=O)Cc1ccccc1Br)c1ccc(F)cc1.